The number of methoxy groups -OCH3 is 1. The summed E-state index contributed by atoms with van der Waals surface area (Å²) in [6.07, 6.45) is 5.00. The monoisotopic (exact) mass is 688 g/mol. The zero-order valence-corrected chi connectivity index (χ0v) is 26.5. The van der Waals surface area contributed by atoms with Gasteiger partial charge in [0.05, 0.1) is 36.0 Å². The average Bonchev–Trinajstić information content (AvgIpc) is 3.46. The Morgan fingerprint density at radius 3 is 2.56 bits per heavy atom. The van der Waals surface area contributed by atoms with Gasteiger partial charge in [-0.15, -0.1) is 0 Å². The second kappa shape index (κ2) is 16.6. The number of nitrogens with one attached hydrogen (secondary N) is 1. The lowest BCUT2D eigenvalue weighted by atomic mass is 9.87. The quantitative estimate of drug-likeness (QED) is 0.163. The standard InChI is InChI=1S/C30H45IN2O8/c1-19(2)40-12-6-10-33(27(36)15-20-7-4-5-8-20)24-16-22(30(38)32-9-11-34)17-25(28(24)37)41-29-23(31)13-21(18-35)14-26(29)39-3/h13-14,17,19-20,24-25,28,34-35,37H,4-12,15-16,18H2,1-3H3,(H,32,38)/t24-,25+,28+/m1/s1. The highest BCUT2D eigenvalue weighted by atomic mass is 127. The number of aliphatic hydroxyl groups is 3. The van der Waals surface area contributed by atoms with E-state index < -0.39 is 18.2 Å². The molecule has 3 rings (SSSR count). The van der Waals surface area contributed by atoms with Gasteiger partial charge in [0.2, 0.25) is 11.8 Å². The van der Waals surface area contributed by atoms with Gasteiger partial charge in [-0.3, -0.25) is 9.59 Å². The zero-order valence-electron chi connectivity index (χ0n) is 24.3. The molecule has 0 aliphatic heterocycles. The van der Waals surface area contributed by atoms with Gasteiger partial charge in [0.15, 0.2) is 11.5 Å². The lowest BCUT2D eigenvalue weighted by molar-refractivity contribution is -0.140. The summed E-state index contributed by atoms with van der Waals surface area (Å²) in [6.45, 7) is 4.47. The number of nitrogens with zero attached hydrogens (tertiary/aromatic N) is 1. The van der Waals surface area contributed by atoms with E-state index in [0.29, 0.717) is 58.1 Å². The molecule has 1 fully saturated rings. The normalized spacial score (nSPS) is 21.1. The molecule has 230 valence electrons. The van der Waals surface area contributed by atoms with Crippen LogP contribution in [0.25, 0.3) is 0 Å². The van der Waals surface area contributed by atoms with Crippen molar-refractivity contribution >= 4 is 34.4 Å². The summed E-state index contributed by atoms with van der Waals surface area (Å²) in [5, 5.41) is 33.2. The van der Waals surface area contributed by atoms with Gasteiger partial charge in [0.1, 0.15) is 12.2 Å². The highest BCUT2D eigenvalue weighted by molar-refractivity contribution is 14.1. The highest BCUT2D eigenvalue weighted by Crippen LogP contribution is 2.37. The van der Waals surface area contributed by atoms with Crippen molar-refractivity contribution < 1.29 is 39.1 Å². The molecule has 0 heterocycles. The second-order valence-electron chi connectivity index (χ2n) is 11.0. The molecular formula is C30H45IN2O8. The molecule has 0 radical (unpaired) electrons. The minimum Gasteiger partial charge on any atom is -0.493 e. The minimum absolute atomic E-state index is 0.0410. The number of hydrogen-bond acceptors (Lipinski definition) is 8. The first-order valence-electron chi connectivity index (χ1n) is 14.5. The van der Waals surface area contributed by atoms with Gasteiger partial charge in [0, 0.05) is 38.1 Å². The molecule has 2 aliphatic carbocycles. The van der Waals surface area contributed by atoms with Gasteiger partial charge in [-0.2, -0.15) is 0 Å². The molecule has 11 heteroatoms. The van der Waals surface area contributed by atoms with Crippen LogP contribution < -0.4 is 14.8 Å². The van der Waals surface area contributed by atoms with Crippen LogP contribution in [0, 0.1) is 9.49 Å². The average molecular weight is 689 g/mol. The van der Waals surface area contributed by atoms with Crippen LogP contribution in [0.4, 0.5) is 0 Å². The van der Waals surface area contributed by atoms with E-state index in [1.54, 1.807) is 23.1 Å². The van der Waals surface area contributed by atoms with Crippen LogP contribution in [-0.2, 0) is 20.9 Å². The lowest BCUT2D eigenvalue weighted by Gasteiger charge is -2.41. The molecule has 1 aromatic carbocycles. The van der Waals surface area contributed by atoms with Crippen molar-refractivity contribution in [2.75, 3.05) is 33.4 Å². The van der Waals surface area contributed by atoms with Crippen LogP contribution >= 0.6 is 22.6 Å². The van der Waals surface area contributed by atoms with Crippen LogP contribution in [0.3, 0.4) is 0 Å². The number of carbonyl (C=O) groups excluding carboxylic acids is 2. The number of hydrogen-bond donors (Lipinski definition) is 4. The number of rotatable bonds is 15. The van der Waals surface area contributed by atoms with Gasteiger partial charge in [-0.1, -0.05) is 12.8 Å². The highest BCUT2D eigenvalue weighted by Gasteiger charge is 2.41. The van der Waals surface area contributed by atoms with E-state index in [1.807, 2.05) is 13.8 Å². The predicted molar refractivity (Wildman–Crippen MR) is 163 cm³/mol. The molecule has 0 bridgehead atoms. The Morgan fingerprint density at radius 2 is 1.93 bits per heavy atom. The first-order chi connectivity index (χ1) is 19.7. The molecule has 0 spiro atoms. The van der Waals surface area contributed by atoms with Crippen molar-refractivity contribution in [3.05, 3.63) is 32.9 Å². The molecule has 41 heavy (non-hydrogen) atoms. The van der Waals surface area contributed by atoms with E-state index in [4.69, 9.17) is 14.2 Å². The lowest BCUT2D eigenvalue weighted by Crippen LogP contribution is -2.55. The summed E-state index contributed by atoms with van der Waals surface area (Å²) in [5.74, 6) is 0.655. The van der Waals surface area contributed by atoms with Crippen LogP contribution in [0.1, 0.15) is 64.4 Å². The van der Waals surface area contributed by atoms with E-state index in [0.717, 1.165) is 25.7 Å². The summed E-state index contributed by atoms with van der Waals surface area (Å²) in [5.41, 5.74) is 1.02. The predicted octanol–water partition coefficient (Wildman–Crippen LogP) is 2.93. The van der Waals surface area contributed by atoms with Crippen molar-refractivity contribution in [1.29, 1.82) is 0 Å². The Kier molecular flexibility index (Phi) is 13.6. The summed E-state index contributed by atoms with van der Waals surface area (Å²) >= 11 is 2.08. The van der Waals surface area contributed by atoms with Crippen molar-refractivity contribution in [2.45, 2.75) is 89.8 Å². The molecule has 0 saturated heterocycles. The van der Waals surface area contributed by atoms with Gasteiger partial charge in [-0.05, 0) is 85.4 Å². The fourth-order valence-corrected chi connectivity index (χ4v) is 6.30. The number of benzene rings is 1. The summed E-state index contributed by atoms with van der Waals surface area (Å²) in [4.78, 5) is 28.5. The molecule has 4 N–H and O–H groups in total. The maximum atomic E-state index is 13.7. The van der Waals surface area contributed by atoms with Crippen LogP contribution in [-0.4, -0.2) is 89.8 Å². The molecule has 0 unspecified atom stereocenters. The summed E-state index contributed by atoms with van der Waals surface area (Å²) in [7, 11) is 1.49. The topological polar surface area (TPSA) is 138 Å². The first-order valence-corrected chi connectivity index (χ1v) is 15.6. The third-order valence-corrected chi connectivity index (χ3v) is 8.39. The molecule has 1 aromatic rings. The number of amides is 2. The molecule has 3 atom stereocenters. The number of ether oxygens (including phenoxy) is 3. The first kappa shape index (κ1) is 33.6. The van der Waals surface area contributed by atoms with Gasteiger partial charge in [0.25, 0.3) is 0 Å². The van der Waals surface area contributed by atoms with Crippen molar-refractivity contribution in [3.63, 3.8) is 0 Å². The largest absolute Gasteiger partial charge is 0.493 e. The Balaban J connectivity index is 1.94. The Hall–Kier alpha value is -1.93. The third-order valence-electron chi connectivity index (χ3n) is 7.59. The second-order valence-corrected chi connectivity index (χ2v) is 12.2. The van der Waals surface area contributed by atoms with E-state index in [2.05, 4.69) is 27.9 Å². The molecule has 2 aliphatic rings. The SMILES string of the molecule is COc1cc(CO)cc(I)c1O[C@H]1C=C(C(=O)NCCO)C[C@@H](N(CCCOC(C)C)C(=O)CC2CCCC2)[C@@H]1O. The summed E-state index contributed by atoms with van der Waals surface area (Å²) in [6, 6.07) is 2.72. The minimum atomic E-state index is -1.12. The molecule has 1 saturated carbocycles. The molecule has 0 aromatic heterocycles. The number of aliphatic hydroxyl groups excluding tert-OH is 3. The van der Waals surface area contributed by atoms with Crippen LogP contribution in [0.15, 0.2) is 23.8 Å². The third kappa shape index (κ3) is 9.54. The number of halogens is 1. The van der Waals surface area contributed by atoms with Gasteiger partial charge in [-0.25, -0.2) is 0 Å². The maximum Gasteiger partial charge on any atom is 0.247 e. The Labute approximate surface area is 256 Å². The van der Waals surface area contributed by atoms with Crippen LogP contribution in [0.2, 0.25) is 0 Å². The Morgan fingerprint density at radius 1 is 1.20 bits per heavy atom. The maximum absolute atomic E-state index is 13.7. The molecular weight excluding hydrogens is 643 g/mol. The molecule has 10 nitrogen and oxygen atoms in total. The fourth-order valence-electron chi connectivity index (χ4n) is 5.50. The Bertz CT molecular complexity index is 1040. The van der Waals surface area contributed by atoms with Crippen molar-refractivity contribution in [1.82, 2.24) is 10.2 Å². The fraction of sp³-hybridized carbons (Fsp3) is 0.667. The van der Waals surface area contributed by atoms with E-state index >= 15 is 0 Å². The number of carbonyl (C=O) groups is 2. The van der Waals surface area contributed by atoms with Gasteiger partial charge < -0.3 is 39.7 Å². The van der Waals surface area contributed by atoms with Gasteiger partial charge >= 0.3 is 0 Å². The van der Waals surface area contributed by atoms with Crippen molar-refractivity contribution in [3.8, 4) is 11.5 Å². The smallest absolute Gasteiger partial charge is 0.247 e. The van der Waals surface area contributed by atoms with E-state index in [1.165, 1.54) is 7.11 Å². The molecule has 2 amide bonds. The van der Waals surface area contributed by atoms with Crippen molar-refractivity contribution in [2.24, 2.45) is 5.92 Å². The van der Waals surface area contributed by atoms with Crippen LogP contribution in [0.5, 0.6) is 11.5 Å². The zero-order chi connectivity index (χ0) is 29.9. The van der Waals surface area contributed by atoms with E-state index in [-0.39, 0.29) is 44.1 Å². The van der Waals surface area contributed by atoms with E-state index in [9.17, 15) is 24.9 Å². The summed E-state index contributed by atoms with van der Waals surface area (Å²) < 4.78 is 18.2.